The number of carbonyl (C=O) groups is 1. The molecule has 2 heterocycles. The Hall–Kier alpha value is -3.94. The molecule has 0 spiro atoms. The van der Waals surface area contributed by atoms with Crippen molar-refractivity contribution in [3.63, 3.8) is 0 Å². The second kappa shape index (κ2) is 8.83. The molecule has 0 aliphatic rings. The van der Waals surface area contributed by atoms with Crippen LogP contribution in [0.5, 0.6) is 5.75 Å². The van der Waals surface area contributed by atoms with Crippen LogP contribution >= 0.6 is 0 Å². The van der Waals surface area contributed by atoms with E-state index in [9.17, 15) is 9.59 Å². The third-order valence-electron chi connectivity index (χ3n) is 4.70. The summed E-state index contributed by atoms with van der Waals surface area (Å²) in [5.41, 5.74) is 1.85. The van der Waals surface area contributed by atoms with Crippen molar-refractivity contribution in [2.75, 3.05) is 0 Å². The molecule has 158 valence electrons. The van der Waals surface area contributed by atoms with Gasteiger partial charge in [-0.2, -0.15) is 4.98 Å². The van der Waals surface area contributed by atoms with E-state index in [-0.39, 0.29) is 18.8 Å². The first-order valence-electron chi connectivity index (χ1n) is 9.77. The molecule has 0 bridgehead atoms. The van der Waals surface area contributed by atoms with E-state index in [0.29, 0.717) is 28.6 Å². The highest BCUT2D eigenvalue weighted by atomic mass is 16.5. The van der Waals surface area contributed by atoms with Crippen molar-refractivity contribution in [3.05, 3.63) is 87.4 Å². The Morgan fingerprint density at radius 3 is 2.71 bits per heavy atom. The van der Waals surface area contributed by atoms with E-state index in [0.717, 1.165) is 17.4 Å². The minimum atomic E-state index is -0.577. The molecule has 0 N–H and O–H groups in total. The third-order valence-corrected chi connectivity index (χ3v) is 4.70. The molecule has 8 nitrogen and oxygen atoms in total. The van der Waals surface area contributed by atoms with Crippen LogP contribution in [-0.4, -0.2) is 16.1 Å². The lowest BCUT2D eigenvalue weighted by Gasteiger charge is -2.11. The number of fused-ring (bicyclic) bond motifs is 1. The summed E-state index contributed by atoms with van der Waals surface area (Å²) >= 11 is 0. The SMILES string of the molecule is CCc1ccc2c(COC(=O)c3ccccc3OCc3noc(C)n3)cc(=O)oc2c1. The average molecular weight is 420 g/mol. The standard InChI is InChI=1S/C23H20N2O6/c1-3-15-8-9-17-16(11-22(26)30-20(17)10-15)12-29-23(27)18-6-4-5-7-19(18)28-13-21-24-14(2)31-25-21/h4-11H,3,12-13H2,1-2H3. The molecule has 0 fully saturated rings. The molecule has 0 aliphatic heterocycles. The summed E-state index contributed by atoms with van der Waals surface area (Å²) in [6, 6.07) is 13.7. The second-order valence-electron chi connectivity index (χ2n) is 6.87. The Labute approximate surface area is 177 Å². The number of benzene rings is 2. The van der Waals surface area contributed by atoms with Crippen LogP contribution in [-0.2, 0) is 24.4 Å². The molecule has 4 rings (SSSR count). The van der Waals surface area contributed by atoms with Crippen LogP contribution in [0.25, 0.3) is 11.0 Å². The van der Waals surface area contributed by atoms with Crippen molar-refractivity contribution in [2.24, 2.45) is 0 Å². The predicted molar refractivity (Wildman–Crippen MR) is 111 cm³/mol. The van der Waals surface area contributed by atoms with Gasteiger partial charge in [0.25, 0.3) is 0 Å². The number of nitrogens with zero attached hydrogens (tertiary/aromatic N) is 2. The van der Waals surface area contributed by atoms with Crippen molar-refractivity contribution in [1.82, 2.24) is 10.1 Å². The molecule has 0 unspecified atom stereocenters. The Bertz CT molecular complexity index is 1290. The second-order valence-corrected chi connectivity index (χ2v) is 6.87. The lowest BCUT2D eigenvalue weighted by atomic mass is 10.1. The van der Waals surface area contributed by atoms with Gasteiger partial charge < -0.3 is 18.4 Å². The van der Waals surface area contributed by atoms with Gasteiger partial charge in [-0.05, 0) is 30.2 Å². The highest BCUT2D eigenvalue weighted by Gasteiger charge is 2.16. The summed E-state index contributed by atoms with van der Waals surface area (Å²) in [6.45, 7) is 3.67. The smallest absolute Gasteiger partial charge is 0.342 e. The maximum atomic E-state index is 12.7. The number of hydrogen-bond donors (Lipinski definition) is 0. The molecule has 0 saturated carbocycles. The van der Waals surface area contributed by atoms with E-state index in [1.807, 2.05) is 25.1 Å². The van der Waals surface area contributed by atoms with E-state index >= 15 is 0 Å². The van der Waals surface area contributed by atoms with Gasteiger partial charge in [0.05, 0.1) is 0 Å². The van der Waals surface area contributed by atoms with Gasteiger partial charge >= 0.3 is 11.6 Å². The van der Waals surface area contributed by atoms with Gasteiger partial charge in [0.1, 0.15) is 23.5 Å². The van der Waals surface area contributed by atoms with Crippen molar-refractivity contribution < 1.29 is 23.2 Å². The third kappa shape index (κ3) is 4.63. The molecule has 0 radical (unpaired) electrons. The first-order chi connectivity index (χ1) is 15.0. The first-order valence-corrected chi connectivity index (χ1v) is 9.77. The summed E-state index contributed by atoms with van der Waals surface area (Å²) in [4.78, 5) is 28.7. The maximum absolute atomic E-state index is 12.7. The molecule has 0 saturated heterocycles. The van der Waals surface area contributed by atoms with Crippen LogP contribution < -0.4 is 10.4 Å². The summed E-state index contributed by atoms with van der Waals surface area (Å²) in [7, 11) is 0. The maximum Gasteiger partial charge on any atom is 0.342 e. The highest BCUT2D eigenvalue weighted by Crippen LogP contribution is 2.23. The predicted octanol–water partition coefficient (Wildman–Crippen LogP) is 3.98. The highest BCUT2D eigenvalue weighted by molar-refractivity contribution is 5.92. The van der Waals surface area contributed by atoms with Crippen LogP contribution in [0, 0.1) is 6.92 Å². The van der Waals surface area contributed by atoms with Crippen molar-refractivity contribution in [3.8, 4) is 5.75 Å². The summed E-state index contributed by atoms with van der Waals surface area (Å²) in [6.07, 6.45) is 0.819. The van der Waals surface area contributed by atoms with Gasteiger partial charge in [0, 0.05) is 23.9 Å². The number of carbonyl (C=O) groups excluding carboxylic acids is 1. The first kappa shape index (κ1) is 20.3. The summed E-state index contributed by atoms with van der Waals surface area (Å²) in [5, 5.41) is 4.49. The van der Waals surface area contributed by atoms with Gasteiger partial charge in [-0.1, -0.05) is 36.3 Å². The molecule has 0 atom stereocenters. The summed E-state index contributed by atoms with van der Waals surface area (Å²) in [5.74, 6) is 0.554. The van der Waals surface area contributed by atoms with Crippen molar-refractivity contribution >= 4 is 16.9 Å². The molecule has 0 amide bonds. The number of ether oxygens (including phenoxy) is 2. The zero-order chi connectivity index (χ0) is 21.8. The van der Waals surface area contributed by atoms with Crippen LogP contribution in [0.3, 0.4) is 0 Å². The number of hydrogen-bond acceptors (Lipinski definition) is 8. The lowest BCUT2D eigenvalue weighted by molar-refractivity contribution is 0.0468. The number of aromatic nitrogens is 2. The molecule has 2 aromatic carbocycles. The van der Waals surface area contributed by atoms with Crippen LogP contribution in [0.1, 0.15) is 40.1 Å². The van der Waals surface area contributed by atoms with Crippen LogP contribution in [0.2, 0.25) is 0 Å². The van der Waals surface area contributed by atoms with E-state index in [4.69, 9.17) is 18.4 Å². The molecule has 2 aromatic heterocycles. The molecule has 4 aromatic rings. The Morgan fingerprint density at radius 1 is 1.10 bits per heavy atom. The van der Waals surface area contributed by atoms with E-state index in [2.05, 4.69) is 10.1 Å². The minimum Gasteiger partial charge on any atom is -0.485 e. The number of aryl methyl sites for hydroxylation is 2. The minimum absolute atomic E-state index is 0.0474. The Morgan fingerprint density at radius 2 is 1.94 bits per heavy atom. The van der Waals surface area contributed by atoms with Gasteiger partial charge in [-0.3, -0.25) is 0 Å². The quantitative estimate of drug-likeness (QED) is 0.327. The van der Waals surface area contributed by atoms with E-state index < -0.39 is 11.6 Å². The molecular formula is C23H20N2O6. The fourth-order valence-corrected chi connectivity index (χ4v) is 3.14. The van der Waals surface area contributed by atoms with E-state index in [1.165, 1.54) is 6.07 Å². The van der Waals surface area contributed by atoms with Crippen LogP contribution in [0.4, 0.5) is 0 Å². The largest absolute Gasteiger partial charge is 0.485 e. The lowest BCUT2D eigenvalue weighted by Crippen LogP contribution is -2.10. The van der Waals surface area contributed by atoms with Gasteiger partial charge in [-0.25, -0.2) is 9.59 Å². The molecule has 8 heteroatoms. The summed E-state index contributed by atoms with van der Waals surface area (Å²) < 4.78 is 21.4. The fourth-order valence-electron chi connectivity index (χ4n) is 3.14. The number of para-hydroxylation sites is 1. The normalized spacial score (nSPS) is 10.9. The molecule has 0 aliphatic carbocycles. The Kier molecular flexibility index (Phi) is 5.79. The van der Waals surface area contributed by atoms with E-state index in [1.54, 1.807) is 31.2 Å². The fraction of sp³-hybridized carbons (Fsp3) is 0.217. The number of rotatable bonds is 7. The van der Waals surface area contributed by atoms with Gasteiger partial charge in [-0.15, -0.1) is 0 Å². The van der Waals surface area contributed by atoms with Gasteiger partial charge in [0.15, 0.2) is 6.61 Å². The van der Waals surface area contributed by atoms with Crippen LogP contribution in [0.15, 0.2) is 62.3 Å². The monoisotopic (exact) mass is 420 g/mol. The molecule has 31 heavy (non-hydrogen) atoms. The topological polar surface area (TPSA) is 105 Å². The Balaban J connectivity index is 1.51. The van der Waals surface area contributed by atoms with Gasteiger partial charge in [0.2, 0.25) is 11.7 Å². The average Bonchev–Trinajstić information content (AvgIpc) is 3.20. The van der Waals surface area contributed by atoms with Crippen molar-refractivity contribution in [2.45, 2.75) is 33.5 Å². The number of esters is 1. The zero-order valence-electron chi connectivity index (χ0n) is 17.1. The molecular weight excluding hydrogens is 400 g/mol. The zero-order valence-corrected chi connectivity index (χ0v) is 17.1. The van der Waals surface area contributed by atoms with Crippen molar-refractivity contribution in [1.29, 1.82) is 0 Å².